The molecule has 0 radical (unpaired) electrons. The third-order valence-electron chi connectivity index (χ3n) is 11.9. The molecule has 0 N–H and O–H groups in total. The third-order valence-corrected chi connectivity index (χ3v) is 19.9. The lowest BCUT2D eigenvalue weighted by atomic mass is 10.0. The van der Waals surface area contributed by atoms with Crippen molar-refractivity contribution in [2.75, 3.05) is 0 Å². The van der Waals surface area contributed by atoms with Crippen molar-refractivity contribution in [1.29, 1.82) is 0 Å². The van der Waals surface area contributed by atoms with Crippen molar-refractivity contribution in [1.82, 2.24) is 19.9 Å². The van der Waals surface area contributed by atoms with Crippen LogP contribution in [0.2, 0.25) is 0 Å². The molecular weight excluding hydrogens is 960 g/mol. The minimum atomic E-state index is -4.14. The lowest BCUT2D eigenvalue weighted by Gasteiger charge is -2.32. The first kappa shape index (κ1) is 43.4. The summed E-state index contributed by atoms with van der Waals surface area (Å²) in [5.74, 6) is 2.79. The van der Waals surface area contributed by atoms with Crippen LogP contribution in [0.25, 0.3) is 67.3 Å². The zero-order chi connectivity index (χ0) is 48.0. The Hall–Kier alpha value is -8.59. The molecule has 4 aromatic heterocycles. The number of benzene rings is 6. The maximum Gasteiger partial charge on any atom is 0.460 e. The van der Waals surface area contributed by atoms with Gasteiger partial charge >= 0.3 is 23.0 Å². The average Bonchev–Trinajstić information content (AvgIpc) is 3.64. The van der Waals surface area contributed by atoms with Gasteiger partial charge in [0.15, 0.2) is 0 Å². The average molecular weight is 998 g/mol. The van der Waals surface area contributed by atoms with E-state index in [9.17, 15) is 0 Å². The third kappa shape index (κ3) is 8.39. The number of para-hydroxylation sites is 4. The van der Waals surface area contributed by atoms with Crippen LogP contribution < -0.4 is 27.1 Å². The second kappa shape index (κ2) is 18.0. The van der Waals surface area contributed by atoms with Crippen molar-refractivity contribution in [3.05, 3.63) is 231 Å². The van der Waals surface area contributed by atoms with Crippen LogP contribution in [0.3, 0.4) is 0 Å². The predicted molar refractivity (Wildman–Crippen MR) is 281 cm³/mol. The molecule has 0 unspecified atom stereocenters. The first-order chi connectivity index (χ1) is 35.5. The van der Waals surface area contributed by atoms with Gasteiger partial charge in [-0.1, -0.05) is 123 Å². The molecule has 0 saturated carbocycles. The molecule has 0 saturated heterocycles. The Kier molecular flexibility index (Phi) is 10.8. The van der Waals surface area contributed by atoms with E-state index in [2.05, 4.69) is 19.9 Å². The summed E-state index contributed by atoms with van der Waals surface area (Å²) in [6.07, 6.45) is 7.06. The second-order valence-corrected chi connectivity index (χ2v) is 22.8. The SMILES string of the molecule is c1ccc(-c2cc(-c3ccc(OP4(Oc5ccc(-c6ccnc(-c7ccccn7)c6)cc5)=NP5(=NP6(=N4)Oc4ccccc4-c4ccccc4O6)Oc4ccccc4-c4ccccc4O5)cc3)ccn2)nc1. The number of fused-ring (bicyclic) bond motifs is 6. The quantitative estimate of drug-likeness (QED) is 0.135. The van der Waals surface area contributed by atoms with Gasteiger partial charge < -0.3 is 27.1 Å². The van der Waals surface area contributed by atoms with E-state index in [1.165, 1.54) is 0 Å². The number of aromatic nitrogens is 4. The summed E-state index contributed by atoms with van der Waals surface area (Å²) >= 11 is 0. The summed E-state index contributed by atoms with van der Waals surface area (Å²) in [5, 5.41) is 0. The van der Waals surface area contributed by atoms with Crippen molar-refractivity contribution in [3.63, 3.8) is 0 Å². The molecule has 0 aliphatic carbocycles. The van der Waals surface area contributed by atoms with Crippen molar-refractivity contribution >= 4 is 23.0 Å². The van der Waals surface area contributed by atoms with Crippen molar-refractivity contribution < 1.29 is 27.1 Å². The molecule has 10 aromatic rings. The van der Waals surface area contributed by atoms with E-state index in [-0.39, 0.29) is 0 Å². The van der Waals surface area contributed by atoms with E-state index in [4.69, 9.17) is 40.7 Å². The molecule has 0 amide bonds. The number of nitrogens with zero attached hydrogens (tertiary/aromatic N) is 7. The van der Waals surface area contributed by atoms with Crippen molar-refractivity contribution in [2.24, 2.45) is 13.5 Å². The maximum atomic E-state index is 7.19. The van der Waals surface area contributed by atoms with E-state index in [1.54, 1.807) is 24.8 Å². The van der Waals surface area contributed by atoms with Crippen LogP contribution in [-0.2, 0) is 0 Å². The Morgan fingerprint density at radius 1 is 0.292 bits per heavy atom. The van der Waals surface area contributed by atoms with E-state index < -0.39 is 23.0 Å². The Morgan fingerprint density at radius 3 is 1.04 bits per heavy atom. The standard InChI is InChI=1S/C56H38N7O6P3/c1-5-19-53-45(13-1)46-14-2-6-20-54(46)67-71(66-53)61-70(62-72(63-71)68-55-21-7-3-15-47(55)48-16-4-8-22-56(48)69-72,64-43-27-23-39(24-28-43)41-31-35-59-51(37-41)49-17-9-11-33-57-49)65-44-29-25-40(26-30-44)42-32-36-60-52(38-42)50-18-10-12-34-58-50/h1-38H. The van der Waals surface area contributed by atoms with Crippen LogP contribution >= 0.6 is 23.0 Å². The monoisotopic (exact) mass is 997 g/mol. The van der Waals surface area contributed by atoms with Gasteiger partial charge in [-0.3, -0.25) is 19.9 Å². The smallest absolute Gasteiger partial charge is 0.413 e. The highest BCUT2D eigenvalue weighted by atomic mass is 31.3. The van der Waals surface area contributed by atoms with E-state index >= 15 is 0 Å². The highest BCUT2D eigenvalue weighted by molar-refractivity contribution is 7.79. The van der Waals surface area contributed by atoms with E-state index in [1.807, 2.05) is 206 Å². The first-order valence-corrected chi connectivity index (χ1v) is 27.5. The topological polar surface area (TPSA) is 144 Å². The Balaban J connectivity index is 0.996. The molecule has 72 heavy (non-hydrogen) atoms. The molecule has 16 heteroatoms. The Bertz CT molecular complexity index is 3550. The van der Waals surface area contributed by atoms with Gasteiger partial charge in [-0.05, 0) is 119 Å². The zero-order valence-corrected chi connectivity index (χ0v) is 40.5. The largest absolute Gasteiger partial charge is 0.460 e. The summed E-state index contributed by atoms with van der Waals surface area (Å²) in [4.78, 5) is 18.2. The van der Waals surface area contributed by atoms with Crippen LogP contribution in [0, 0.1) is 0 Å². The fourth-order valence-corrected chi connectivity index (χ4v) is 17.7. The highest BCUT2D eigenvalue weighted by Gasteiger charge is 2.50. The van der Waals surface area contributed by atoms with Crippen LogP contribution in [0.5, 0.6) is 34.5 Å². The van der Waals surface area contributed by atoms with Crippen LogP contribution in [0.15, 0.2) is 245 Å². The van der Waals surface area contributed by atoms with Crippen molar-refractivity contribution in [3.8, 4) is 102 Å². The molecule has 13 rings (SSSR count). The summed E-state index contributed by atoms with van der Waals surface area (Å²) in [7, 11) is -12.2. The summed E-state index contributed by atoms with van der Waals surface area (Å²) < 4.78 is 59.0. The summed E-state index contributed by atoms with van der Waals surface area (Å²) in [5.41, 5.74) is 9.94. The lowest BCUT2D eigenvalue weighted by Crippen LogP contribution is -2.10. The minimum absolute atomic E-state index is 0.401. The van der Waals surface area contributed by atoms with Gasteiger partial charge in [0.2, 0.25) is 0 Å². The molecule has 0 atom stereocenters. The fourth-order valence-electron chi connectivity index (χ4n) is 8.56. The van der Waals surface area contributed by atoms with Crippen molar-refractivity contribution in [2.45, 2.75) is 0 Å². The first-order valence-electron chi connectivity index (χ1n) is 22.9. The molecule has 2 spiro atoms. The Morgan fingerprint density at radius 2 is 0.653 bits per heavy atom. The highest BCUT2D eigenvalue weighted by Crippen LogP contribution is 2.80. The van der Waals surface area contributed by atoms with E-state index in [0.29, 0.717) is 34.5 Å². The number of rotatable bonds is 8. The molecule has 3 aliphatic rings. The number of pyridine rings is 4. The molecule has 7 heterocycles. The van der Waals surface area contributed by atoms with E-state index in [0.717, 1.165) is 67.3 Å². The predicted octanol–water partition coefficient (Wildman–Crippen LogP) is 16.5. The normalized spacial score (nSPS) is 14.9. The summed E-state index contributed by atoms with van der Waals surface area (Å²) in [6, 6.07) is 65.6. The maximum absolute atomic E-state index is 7.19. The van der Waals surface area contributed by atoms with Gasteiger partial charge in [0.05, 0.1) is 22.8 Å². The molecule has 0 fully saturated rings. The molecule has 3 aliphatic heterocycles. The fraction of sp³-hybridized carbons (Fsp3) is 0. The minimum Gasteiger partial charge on any atom is -0.413 e. The number of hydrogen-bond acceptors (Lipinski definition) is 13. The zero-order valence-electron chi connectivity index (χ0n) is 37.9. The molecule has 6 aromatic carbocycles. The Labute approximate surface area is 414 Å². The van der Waals surface area contributed by atoms with Gasteiger partial charge in [0.1, 0.15) is 34.5 Å². The van der Waals surface area contributed by atoms with Crippen LogP contribution in [0.4, 0.5) is 0 Å². The second-order valence-electron chi connectivity index (χ2n) is 16.6. The van der Waals surface area contributed by atoms with Gasteiger partial charge in [-0.2, -0.15) is 0 Å². The molecule has 13 nitrogen and oxygen atoms in total. The van der Waals surface area contributed by atoms with Crippen LogP contribution in [-0.4, -0.2) is 19.9 Å². The van der Waals surface area contributed by atoms with Gasteiger partial charge in [-0.15, -0.1) is 0 Å². The van der Waals surface area contributed by atoms with Gasteiger partial charge in [-0.25, -0.2) is 0 Å². The lowest BCUT2D eigenvalue weighted by molar-refractivity contribution is 0.448. The van der Waals surface area contributed by atoms with Crippen LogP contribution in [0.1, 0.15) is 0 Å². The van der Waals surface area contributed by atoms with Gasteiger partial charge in [0.25, 0.3) is 0 Å². The molecular formula is C56H38N7O6P3. The number of hydrogen-bond donors (Lipinski definition) is 0. The molecule has 348 valence electrons. The molecule has 0 bridgehead atoms. The van der Waals surface area contributed by atoms with Gasteiger partial charge in [0, 0.05) is 47.0 Å². The summed E-state index contributed by atoms with van der Waals surface area (Å²) in [6.45, 7) is 0.